The molecule has 0 spiro atoms. The summed E-state index contributed by atoms with van der Waals surface area (Å²) >= 11 is 0. The average molecular weight is 709 g/mol. The summed E-state index contributed by atoms with van der Waals surface area (Å²) in [5.41, 5.74) is -3.71. The minimum Gasteiger partial charge on any atom is -0.463 e. The summed E-state index contributed by atoms with van der Waals surface area (Å²) in [5.74, 6) is -3.47. The number of rotatable bonds is 16. The van der Waals surface area contributed by atoms with E-state index in [4.69, 9.17) is 23.7 Å². The van der Waals surface area contributed by atoms with Gasteiger partial charge in [0.25, 0.3) is 0 Å². The van der Waals surface area contributed by atoms with Crippen LogP contribution in [0.2, 0.25) is 0 Å². The highest BCUT2D eigenvalue weighted by Crippen LogP contribution is 2.46. The summed E-state index contributed by atoms with van der Waals surface area (Å²) in [7, 11) is 0. The topological polar surface area (TPSA) is 172 Å². The van der Waals surface area contributed by atoms with Gasteiger partial charge in [0.05, 0.1) is 34.5 Å². The van der Waals surface area contributed by atoms with Crippen molar-refractivity contribution in [3.05, 3.63) is 60.2 Å². The van der Waals surface area contributed by atoms with Crippen LogP contribution in [-0.4, -0.2) is 84.8 Å². The summed E-state index contributed by atoms with van der Waals surface area (Å²) in [6.45, 7) is 8.37. The van der Waals surface area contributed by atoms with Crippen LogP contribution < -0.4 is 0 Å². The maximum absolute atomic E-state index is 13.6. The minimum absolute atomic E-state index is 0.117. The van der Waals surface area contributed by atoms with E-state index in [1.54, 1.807) is 34.6 Å². The highest BCUT2D eigenvalue weighted by Gasteiger charge is 2.50. The van der Waals surface area contributed by atoms with Gasteiger partial charge in [-0.2, -0.15) is 0 Å². The van der Waals surface area contributed by atoms with Crippen molar-refractivity contribution in [2.45, 2.75) is 85.5 Å². The Bertz CT molecular complexity index is 1710. The van der Waals surface area contributed by atoms with Gasteiger partial charge in [-0.25, -0.2) is 9.59 Å². The van der Waals surface area contributed by atoms with E-state index >= 15 is 0 Å². The predicted molar refractivity (Wildman–Crippen MR) is 186 cm³/mol. The molecular weight excluding hydrogens is 660 g/mol. The van der Waals surface area contributed by atoms with Gasteiger partial charge in [-0.05, 0) is 81.5 Å². The van der Waals surface area contributed by atoms with Gasteiger partial charge in [0, 0.05) is 6.42 Å². The SMILES string of the molecule is CCC(C)(CC(C)(CC(C)(C)C(=O)OCC(O)COC(=O)c1c2ccccc2cc2ccccc12)C(=O)OCC(C)O)C(=O)OC1CCOC1=O. The molecule has 0 saturated carbocycles. The molecule has 5 unspecified atom stereocenters. The van der Waals surface area contributed by atoms with Gasteiger partial charge >= 0.3 is 29.8 Å². The largest absolute Gasteiger partial charge is 0.463 e. The zero-order valence-corrected chi connectivity index (χ0v) is 30.1. The van der Waals surface area contributed by atoms with Crippen LogP contribution in [0.25, 0.3) is 21.5 Å². The number of hydrogen-bond donors (Lipinski definition) is 2. The fourth-order valence-corrected chi connectivity index (χ4v) is 6.58. The molecule has 3 aromatic rings. The number of cyclic esters (lactones) is 1. The fourth-order valence-electron chi connectivity index (χ4n) is 6.58. The Hall–Kier alpha value is -4.55. The maximum atomic E-state index is 13.6. The van der Waals surface area contributed by atoms with Crippen molar-refractivity contribution < 1.29 is 57.9 Å². The molecule has 1 fully saturated rings. The molecule has 0 radical (unpaired) electrons. The van der Waals surface area contributed by atoms with Crippen LogP contribution in [-0.2, 0) is 42.9 Å². The van der Waals surface area contributed by atoms with Crippen molar-refractivity contribution in [3.63, 3.8) is 0 Å². The number of fused-ring (bicyclic) bond motifs is 2. The van der Waals surface area contributed by atoms with Gasteiger partial charge in [0.1, 0.15) is 25.9 Å². The Morgan fingerprint density at radius 3 is 1.92 bits per heavy atom. The van der Waals surface area contributed by atoms with E-state index in [0.717, 1.165) is 10.8 Å². The molecule has 4 rings (SSSR count). The summed E-state index contributed by atoms with van der Waals surface area (Å²) < 4.78 is 26.8. The van der Waals surface area contributed by atoms with E-state index < -0.39 is 77.6 Å². The second-order valence-corrected chi connectivity index (χ2v) is 14.6. The van der Waals surface area contributed by atoms with Crippen LogP contribution in [0, 0.1) is 16.2 Å². The van der Waals surface area contributed by atoms with E-state index in [0.29, 0.717) is 16.3 Å². The van der Waals surface area contributed by atoms with Gasteiger partial charge in [0.2, 0.25) is 6.10 Å². The molecule has 276 valence electrons. The van der Waals surface area contributed by atoms with Crippen LogP contribution in [0.1, 0.15) is 77.6 Å². The number of aliphatic hydroxyl groups is 2. The van der Waals surface area contributed by atoms with Crippen LogP contribution in [0.3, 0.4) is 0 Å². The van der Waals surface area contributed by atoms with Crippen LogP contribution in [0.5, 0.6) is 0 Å². The first-order chi connectivity index (χ1) is 24.0. The summed E-state index contributed by atoms with van der Waals surface area (Å²) in [4.78, 5) is 65.7. The first kappa shape index (κ1) is 39.2. The number of carbonyl (C=O) groups excluding carboxylic acids is 5. The van der Waals surface area contributed by atoms with Gasteiger partial charge < -0.3 is 33.9 Å². The second-order valence-electron chi connectivity index (χ2n) is 14.6. The highest BCUT2D eigenvalue weighted by atomic mass is 16.6. The van der Waals surface area contributed by atoms with Crippen molar-refractivity contribution in [1.29, 1.82) is 0 Å². The van der Waals surface area contributed by atoms with Crippen LogP contribution in [0.4, 0.5) is 0 Å². The van der Waals surface area contributed by atoms with Gasteiger partial charge in [-0.15, -0.1) is 0 Å². The molecule has 12 heteroatoms. The first-order valence-electron chi connectivity index (χ1n) is 17.2. The normalized spacial score (nSPS) is 18.2. The van der Waals surface area contributed by atoms with Crippen molar-refractivity contribution in [3.8, 4) is 0 Å². The van der Waals surface area contributed by atoms with Gasteiger partial charge in [0.15, 0.2) is 0 Å². The van der Waals surface area contributed by atoms with E-state index in [1.807, 2.05) is 54.6 Å². The number of benzene rings is 3. The fraction of sp³-hybridized carbons (Fsp3) is 0.513. The smallest absolute Gasteiger partial charge is 0.347 e. The molecule has 1 heterocycles. The zero-order chi connectivity index (χ0) is 37.6. The Morgan fingerprint density at radius 1 is 0.804 bits per heavy atom. The predicted octanol–water partition coefficient (Wildman–Crippen LogP) is 5.07. The second kappa shape index (κ2) is 16.2. The number of ether oxygens (including phenoxy) is 5. The summed E-state index contributed by atoms with van der Waals surface area (Å²) in [6.07, 6.45) is -3.15. The standard InChI is InChI=1S/C39H48O12/c1-7-38(5,36(46)51-30-16-17-47-32(30)42)23-39(6,35(45)49-19-24(2)40)22-37(3,4)34(44)50-21-27(41)20-48-33(43)31-28-14-10-8-12-25(28)18-26-13-9-11-15-29(26)31/h8-15,18,24,27,30,40-41H,7,16-17,19-23H2,1-6H3. The van der Waals surface area contributed by atoms with E-state index in [1.165, 1.54) is 6.92 Å². The number of carbonyl (C=O) groups is 5. The molecule has 0 bridgehead atoms. The van der Waals surface area contributed by atoms with Crippen LogP contribution in [0.15, 0.2) is 54.6 Å². The van der Waals surface area contributed by atoms with E-state index in [2.05, 4.69) is 0 Å². The Kier molecular flexibility index (Phi) is 12.5. The number of aliphatic hydroxyl groups excluding tert-OH is 2. The van der Waals surface area contributed by atoms with Crippen LogP contribution >= 0.6 is 0 Å². The molecule has 12 nitrogen and oxygen atoms in total. The molecule has 0 amide bonds. The maximum Gasteiger partial charge on any atom is 0.347 e. The summed E-state index contributed by atoms with van der Waals surface area (Å²) in [6, 6.07) is 16.8. The van der Waals surface area contributed by atoms with Gasteiger partial charge in [-0.3, -0.25) is 14.4 Å². The molecule has 51 heavy (non-hydrogen) atoms. The highest BCUT2D eigenvalue weighted by molar-refractivity contribution is 6.16. The molecule has 5 atom stereocenters. The first-order valence-corrected chi connectivity index (χ1v) is 17.2. The Balaban J connectivity index is 1.43. The molecule has 0 aromatic heterocycles. The molecular formula is C39H48O12. The molecule has 0 aliphatic carbocycles. The van der Waals surface area contributed by atoms with Crippen molar-refractivity contribution in [2.75, 3.05) is 26.4 Å². The van der Waals surface area contributed by atoms with Gasteiger partial charge in [-0.1, -0.05) is 55.5 Å². The average Bonchev–Trinajstić information content (AvgIpc) is 3.50. The van der Waals surface area contributed by atoms with Crippen molar-refractivity contribution in [1.82, 2.24) is 0 Å². The Labute approximate surface area is 297 Å². The Morgan fingerprint density at radius 2 is 1.37 bits per heavy atom. The third-order valence-electron chi connectivity index (χ3n) is 9.31. The third kappa shape index (κ3) is 9.42. The molecule has 1 aliphatic rings. The summed E-state index contributed by atoms with van der Waals surface area (Å²) in [5, 5.41) is 23.6. The number of esters is 5. The number of hydrogen-bond acceptors (Lipinski definition) is 12. The molecule has 3 aromatic carbocycles. The van der Waals surface area contributed by atoms with Crippen molar-refractivity contribution >= 4 is 51.4 Å². The van der Waals surface area contributed by atoms with E-state index in [-0.39, 0.29) is 38.9 Å². The zero-order valence-electron chi connectivity index (χ0n) is 30.1. The van der Waals surface area contributed by atoms with E-state index in [9.17, 15) is 34.2 Å². The lowest BCUT2D eigenvalue weighted by Gasteiger charge is -2.39. The molecule has 1 aliphatic heterocycles. The lowest BCUT2D eigenvalue weighted by molar-refractivity contribution is -0.175. The minimum atomic E-state index is -1.47. The molecule has 1 saturated heterocycles. The lowest BCUT2D eigenvalue weighted by Crippen LogP contribution is -2.45. The van der Waals surface area contributed by atoms with Crippen molar-refractivity contribution in [2.24, 2.45) is 16.2 Å². The quantitative estimate of drug-likeness (QED) is 0.115. The lowest BCUT2D eigenvalue weighted by atomic mass is 9.65. The monoisotopic (exact) mass is 708 g/mol. The molecule has 2 N–H and O–H groups in total. The third-order valence-corrected chi connectivity index (χ3v) is 9.31.